The number of hydrogen-bond acceptors (Lipinski definition) is 2. The van der Waals surface area contributed by atoms with Gasteiger partial charge in [-0.25, -0.2) is 0 Å². The number of aliphatic carboxylic acids is 1. The van der Waals surface area contributed by atoms with Crippen molar-refractivity contribution in [3.63, 3.8) is 0 Å². The van der Waals surface area contributed by atoms with E-state index in [2.05, 4.69) is 4.90 Å². The second-order valence-corrected chi connectivity index (χ2v) is 3.90. The first-order chi connectivity index (χ1) is 6.20. The van der Waals surface area contributed by atoms with Crippen LogP contribution in [0, 0.1) is 0 Å². The molecule has 14 heavy (non-hydrogen) atoms. The summed E-state index contributed by atoms with van der Waals surface area (Å²) >= 11 is 0. The Hall–Kier alpha value is -0.280. The van der Waals surface area contributed by atoms with Gasteiger partial charge in [-0.1, -0.05) is 12.8 Å². The fraction of sp³-hybridized carbons (Fsp3) is 0.900. The summed E-state index contributed by atoms with van der Waals surface area (Å²) in [7, 11) is 0. The van der Waals surface area contributed by atoms with Crippen LogP contribution in [0.15, 0.2) is 0 Å². The highest BCUT2D eigenvalue weighted by Crippen LogP contribution is 2.13. The highest BCUT2D eigenvalue weighted by atomic mass is 35.5. The van der Waals surface area contributed by atoms with Crippen molar-refractivity contribution in [2.75, 3.05) is 13.1 Å². The predicted molar refractivity (Wildman–Crippen MR) is 59.0 cm³/mol. The largest absolute Gasteiger partial charge is 0.481 e. The molecular weight excluding hydrogens is 202 g/mol. The van der Waals surface area contributed by atoms with Crippen molar-refractivity contribution in [2.24, 2.45) is 0 Å². The Morgan fingerprint density at radius 1 is 1.29 bits per heavy atom. The number of carboxylic acids is 1. The zero-order valence-electron chi connectivity index (χ0n) is 8.74. The molecule has 1 atom stereocenters. The van der Waals surface area contributed by atoms with Gasteiger partial charge in [0.05, 0.1) is 6.42 Å². The summed E-state index contributed by atoms with van der Waals surface area (Å²) in [4.78, 5) is 12.8. The van der Waals surface area contributed by atoms with E-state index < -0.39 is 5.97 Å². The molecule has 0 amide bonds. The minimum Gasteiger partial charge on any atom is -0.481 e. The summed E-state index contributed by atoms with van der Waals surface area (Å²) in [6.45, 7) is 4.17. The van der Waals surface area contributed by atoms with E-state index in [0.29, 0.717) is 0 Å². The number of carboxylic acid groups (broad SMARTS) is 1. The fourth-order valence-corrected chi connectivity index (χ4v) is 1.92. The van der Waals surface area contributed by atoms with Gasteiger partial charge < -0.3 is 10.0 Å². The fourth-order valence-electron chi connectivity index (χ4n) is 1.92. The lowest BCUT2D eigenvalue weighted by atomic mass is 10.2. The van der Waals surface area contributed by atoms with Crippen LogP contribution >= 0.6 is 12.4 Å². The van der Waals surface area contributed by atoms with E-state index in [9.17, 15) is 4.79 Å². The van der Waals surface area contributed by atoms with Gasteiger partial charge in [-0.05, 0) is 32.9 Å². The molecule has 1 N–H and O–H groups in total. The van der Waals surface area contributed by atoms with Gasteiger partial charge in [0, 0.05) is 6.04 Å². The quantitative estimate of drug-likeness (QED) is 0.794. The summed E-state index contributed by atoms with van der Waals surface area (Å²) in [5.41, 5.74) is 0. The molecule has 3 nitrogen and oxygen atoms in total. The third-order valence-corrected chi connectivity index (χ3v) is 2.73. The van der Waals surface area contributed by atoms with Crippen molar-refractivity contribution in [3.05, 3.63) is 0 Å². The van der Waals surface area contributed by atoms with Crippen LogP contribution in [0.4, 0.5) is 0 Å². The van der Waals surface area contributed by atoms with E-state index in [4.69, 9.17) is 5.11 Å². The van der Waals surface area contributed by atoms with E-state index in [1.54, 1.807) is 0 Å². The Labute approximate surface area is 91.9 Å². The molecule has 1 fully saturated rings. The Morgan fingerprint density at radius 2 is 1.79 bits per heavy atom. The highest BCUT2D eigenvalue weighted by Gasteiger charge is 2.17. The Morgan fingerprint density at radius 3 is 2.21 bits per heavy atom. The lowest BCUT2D eigenvalue weighted by molar-refractivity contribution is -0.138. The molecule has 1 unspecified atom stereocenters. The van der Waals surface area contributed by atoms with E-state index >= 15 is 0 Å². The maximum Gasteiger partial charge on any atom is 0.304 e. The second-order valence-electron chi connectivity index (χ2n) is 3.90. The summed E-state index contributed by atoms with van der Waals surface area (Å²) in [6, 6.07) is 0.204. The molecule has 0 saturated carbocycles. The van der Waals surface area contributed by atoms with Crippen LogP contribution in [0.5, 0.6) is 0 Å². The minimum atomic E-state index is -0.684. The van der Waals surface area contributed by atoms with Crippen LogP contribution in [-0.4, -0.2) is 35.1 Å². The number of rotatable bonds is 3. The molecule has 0 bridgehead atoms. The van der Waals surface area contributed by atoms with Crippen LogP contribution in [0.2, 0.25) is 0 Å². The predicted octanol–water partition coefficient (Wildman–Crippen LogP) is 2.15. The van der Waals surface area contributed by atoms with Gasteiger partial charge in [0.2, 0.25) is 0 Å². The molecule has 0 aromatic heterocycles. The standard InChI is InChI=1S/C10H19NO2.ClH/c1-9(8-10(12)13)11-6-4-2-3-5-7-11;/h9H,2-8H2,1H3,(H,12,13);1H. The SMILES string of the molecule is CC(CC(=O)O)N1CCCCCC1.Cl. The molecule has 1 aliphatic rings. The Kier molecular flexibility index (Phi) is 6.93. The third-order valence-electron chi connectivity index (χ3n) is 2.73. The van der Waals surface area contributed by atoms with Crippen molar-refractivity contribution < 1.29 is 9.90 Å². The molecule has 0 aromatic rings. The molecular formula is C10H20ClNO2. The van der Waals surface area contributed by atoms with Crippen molar-refractivity contribution in [1.82, 2.24) is 4.90 Å². The topological polar surface area (TPSA) is 40.5 Å². The lowest BCUT2D eigenvalue weighted by Gasteiger charge is -2.26. The van der Waals surface area contributed by atoms with Crippen LogP contribution in [0.25, 0.3) is 0 Å². The van der Waals surface area contributed by atoms with Crippen LogP contribution in [0.3, 0.4) is 0 Å². The van der Waals surface area contributed by atoms with Crippen molar-refractivity contribution in [1.29, 1.82) is 0 Å². The Bertz CT molecular complexity index is 168. The first kappa shape index (κ1) is 13.7. The van der Waals surface area contributed by atoms with Gasteiger partial charge in [-0.2, -0.15) is 0 Å². The van der Waals surface area contributed by atoms with Crippen LogP contribution in [0.1, 0.15) is 39.0 Å². The van der Waals surface area contributed by atoms with E-state index in [1.807, 2.05) is 6.92 Å². The van der Waals surface area contributed by atoms with Crippen molar-refractivity contribution in [3.8, 4) is 0 Å². The molecule has 1 aliphatic heterocycles. The molecule has 0 radical (unpaired) electrons. The number of carbonyl (C=O) groups is 1. The summed E-state index contributed by atoms with van der Waals surface area (Å²) in [6.07, 6.45) is 5.33. The number of likely N-dealkylation sites (tertiary alicyclic amines) is 1. The van der Waals surface area contributed by atoms with Crippen molar-refractivity contribution in [2.45, 2.75) is 45.1 Å². The summed E-state index contributed by atoms with van der Waals surface area (Å²) in [5, 5.41) is 8.66. The van der Waals surface area contributed by atoms with Gasteiger partial charge in [-0.15, -0.1) is 12.4 Å². The van der Waals surface area contributed by atoms with Gasteiger partial charge in [0.25, 0.3) is 0 Å². The van der Waals surface area contributed by atoms with Crippen LogP contribution in [-0.2, 0) is 4.79 Å². The molecule has 1 saturated heterocycles. The number of hydrogen-bond donors (Lipinski definition) is 1. The molecule has 84 valence electrons. The number of halogens is 1. The lowest BCUT2D eigenvalue weighted by Crippen LogP contribution is -2.35. The summed E-state index contributed by atoms with van der Waals surface area (Å²) < 4.78 is 0. The normalized spacial score (nSPS) is 20.6. The van der Waals surface area contributed by atoms with Crippen molar-refractivity contribution >= 4 is 18.4 Å². The molecule has 4 heteroatoms. The van der Waals surface area contributed by atoms with Gasteiger partial charge in [0.15, 0.2) is 0 Å². The van der Waals surface area contributed by atoms with Gasteiger partial charge in [-0.3, -0.25) is 4.79 Å². The first-order valence-electron chi connectivity index (χ1n) is 5.16. The Balaban J connectivity index is 0.00000169. The first-order valence-corrected chi connectivity index (χ1v) is 5.16. The third kappa shape index (κ3) is 4.82. The van der Waals surface area contributed by atoms with E-state index in [-0.39, 0.29) is 24.9 Å². The number of nitrogens with zero attached hydrogens (tertiary/aromatic N) is 1. The molecule has 1 rings (SSSR count). The maximum atomic E-state index is 10.5. The second kappa shape index (κ2) is 7.07. The maximum absolute atomic E-state index is 10.5. The smallest absolute Gasteiger partial charge is 0.304 e. The minimum absolute atomic E-state index is 0. The van der Waals surface area contributed by atoms with E-state index in [1.165, 1.54) is 25.7 Å². The zero-order chi connectivity index (χ0) is 9.68. The molecule has 0 aromatic carbocycles. The molecule has 1 heterocycles. The zero-order valence-corrected chi connectivity index (χ0v) is 9.55. The van der Waals surface area contributed by atoms with Gasteiger partial charge >= 0.3 is 5.97 Å². The van der Waals surface area contributed by atoms with E-state index in [0.717, 1.165) is 13.1 Å². The van der Waals surface area contributed by atoms with Crippen LogP contribution < -0.4 is 0 Å². The average molecular weight is 222 g/mol. The van der Waals surface area contributed by atoms with Gasteiger partial charge in [0.1, 0.15) is 0 Å². The summed E-state index contributed by atoms with van der Waals surface area (Å²) in [5.74, 6) is -0.684. The monoisotopic (exact) mass is 221 g/mol. The highest BCUT2D eigenvalue weighted by molar-refractivity contribution is 5.85. The molecule has 0 aliphatic carbocycles. The molecule has 0 spiro atoms. The average Bonchev–Trinajstić information content (AvgIpc) is 2.29.